The van der Waals surface area contributed by atoms with Crippen LogP contribution in [0.15, 0.2) is 30.3 Å². The Morgan fingerprint density at radius 2 is 1.72 bits per heavy atom. The van der Waals surface area contributed by atoms with Gasteiger partial charge in [-0.1, -0.05) is 37.3 Å². The molecule has 1 aromatic carbocycles. The van der Waals surface area contributed by atoms with Crippen molar-refractivity contribution in [3.05, 3.63) is 35.9 Å². The Balaban J connectivity index is 2.53. The van der Waals surface area contributed by atoms with Crippen molar-refractivity contribution < 1.29 is 5.11 Å². The van der Waals surface area contributed by atoms with Crippen LogP contribution < -0.4 is 0 Å². The highest BCUT2D eigenvalue weighted by molar-refractivity contribution is 5.29. The molecule has 0 saturated carbocycles. The first kappa shape index (κ1) is 13.6. The highest BCUT2D eigenvalue weighted by Gasteiger charge is 2.55. The van der Waals surface area contributed by atoms with Gasteiger partial charge in [-0.2, -0.15) is 0 Å². The third kappa shape index (κ3) is 1.70. The van der Waals surface area contributed by atoms with Crippen molar-refractivity contribution in [3.63, 3.8) is 0 Å². The van der Waals surface area contributed by atoms with Gasteiger partial charge in [0.25, 0.3) is 0 Å². The normalized spacial score (nSPS) is 36.6. The summed E-state index contributed by atoms with van der Waals surface area (Å²) in [6.45, 7) is 8.69. The van der Waals surface area contributed by atoms with Crippen LogP contribution in [0.3, 0.4) is 0 Å². The average Bonchev–Trinajstić information content (AvgIpc) is 2.35. The van der Waals surface area contributed by atoms with E-state index in [2.05, 4.69) is 39.6 Å². The second kappa shape index (κ2) is 4.36. The molecule has 0 spiro atoms. The summed E-state index contributed by atoms with van der Waals surface area (Å²) in [6.07, 6.45) is 1.02. The van der Waals surface area contributed by atoms with E-state index in [1.807, 2.05) is 30.3 Å². The van der Waals surface area contributed by atoms with Gasteiger partial charge in [-0.25, -0.2) is 0 Å². The molecule has 18 heavy (non-hydrogen) atoms. The number of piperidine rings is 1. The smallest absolute Gasteiger partial charge is 0.110 e. The lowest BCUT2D eigenvalue weighted by Crippen LogP contribution is -2.66. The van der Waals surface area contributed by atoms with Crippen molar-refractivity contribution in [2.75, 3.05) is 7.05 Å². The molecule has 2 heteroatoms. The third-order valence-corrected chi connectivity index (χ3v) is 5.10. The molecule has 0 aromatic heterocycles. The Bertz CT molecular complexity index is 414. The number of rotatable bonds is 1. The molecular formula is C16H25NO. The van der Waals surface area contributed by atoms with Crippen molar-refractivity contribution in [1.29, 1.82) is 0 Å². The standard InChI is InChI=1S/C16H25NO/c1-12-11-13(2)17(5)15(3,4)16(12,18)14-9-7-6-8-10-14/h6-10,12-13,18H,11H2,1-5H3. The Labute approximate surface area is 111 Å². The molecule has 3 atom stereocenters. The maximum absolute atomic E-state index is 11.4. The Hall–Kier alpha value is -0.860. The monoisotopic (exact) mass is 247 g/mol. The first-order valence-electron chi connectivity index (χ1n) is 6.82. The van der Waals surface area contributed by atoms with Gasteiger partial charge < -0.3 is 5.11 Å². The Kier molecular flexibility index (Phi) is 3.28. The summed E-state index contributed by atoms with van der Waals surface area (Å²) in [6, 6.07) is 10.6. The number of nitrogens with zero attached hydrogens (tertiary/aromatic N) is 1. The second-order valence-electron chi connectivity index (χ2n) is 6.29. The third-order valence-electron chi connectivity index (χ3n) is 5.10. The van der Waals surface area contributed by atoms with Crippen LogP contribution >= 0.6 is 0 Å². The number of benzene rings is 1. The number of hydrogen-bond donors (Lipinski definition) is 1. The Morgan fingerprint density at radius 3 is 2.28 bits per heavy atom. The molecule has 1 aromatic rings. The molecule has 0 bridgehead atoms. The second-order valence-corrected chi connectivity index (χ2v) is 6.29. The van der Waals surface area contributed by atoms with Crippen LogP contribution in [0, 0.1) is 5.92 Å². The number of aliphatic hydroxyl groups is 1. The van der Waals surface area contributed by atoms with Crippen LogP contribution in [0.1, 0.15) is 39.7 Å². The van der Waals surface area contributed by atoms with E-state index >= 15 is 0 Å². The van der Waals surface area contributed by atoms with Crippen LogP contribution in [0.2, 0.25) is 0 Å². The van der Waals surface area contributed by atoms with E-state index in [1.54, 1.807) is 0 Å². The minimum absolute atomic E-state index is 0.251. The molecule has 1 saturated heterocycles. The molecule has 3 unspecified atom stereocenters. The first-order chi connectivity index (χ1) is 8.31. The van der Waals surface area contributed by atoms with Crippen molar-refractivity contribution in [2.24, 2.45) is 5.92 Å². The van der Waals surface area contributed by atoms with Gasteiger partial charge in [0, 0.05) is 11.6 Å². The van der Waals surface area contributed by atoms with Crippen LogP contribution in [0.4, 0.5) is 0 Å². The lowest BCUT2D eigenvalue weighted by atomic mass is 9.64. The number of hydrogen-bond acceptors (Lipinski definition) is 2. The van der Waals surface area contributed by atoms with Gasteiger partial charge in [-0.05, 0) is 45.7 Å². The van der Waals surface area contributed by atoms with Crippen LogP contribution in [0.5, 0.6) is 0 Å². The fourth-order valence-corrected chi connectivity index (χ4v) is 3.59. The minimum atomic E-state index is -0.796. The van der Waals surface area contributed by atoms with E-state index in [0.717, 1.165) is 12.0 Å². The molecule has 1 fully saturated rings. The van der Waals surface area contributed by atoms with Crippen molar-refractivity contribution in [3.8, 4) is 0 Å². The first-order valence-corrected chi connectivity index (χ1v) is 6.82. The van der Waals surface area contributed by atoms with E-state index in [0.29, 0.717) is 6.04 Å². The van der Waals surface area contributed by atoms with Gasteiger partial charge in [-0.3, -0.25) is 4.90 Å². The highest BCUT2D eigenvalue weighted by Crippen LogP contribution is 2.48. The minimum Gasteiger partial charge on any atom is -0.383 e. The van der Waals surface area contributed by atoms with Gasteiger partial charge in [0.2, 0.25) is 0 Å². The molecule has 1 aliphatic rings. The average molecular weight is 247 g/mol. The van der Waals surface area contributed by atoms with Gasteiger partial charge >= 0.3 is 0 Å². The molecule has 0 aliphatic carbocycles. The summed E-state index contributed by atoms with van der Waals surface area (Å²) in [5.41, 5.74) is -0.0396. The van der Waals surface area contributed by atoms with E-state index in [9.17, 15) is 5.11 Å². The molecule has 1 heterocycles. The summed E-state index contributed by atoms with van der Waals surface area (Å²) in [7, 11) is 2.12. The van der Waals surface area contributed by atoms with Crippen LogP contribution in [-0.4, -0.2) is 28.6 Å². The lowest BCUT2D eigenvalue weighted by Gasteiger charge is -2.58. The largest absolute Gasteiger partial charge is 0.383 e. The molecule has 100 valence electrons. The van der Waals surface area contributed by atoms with Crippen molar-refractivity contribution in [2.45, 2.75) is 51.3 Å². The molecular weight excluding hydrogens is 222 g/mol. The van der Waals surface area contributed by atoms with E-state index in [1.165, 1.54) is 0 Å². The summed E-state index contributed by atoms with van der Waals surface area (Å²) < 4.78 is 0. The van der Waals surface area contributed by atoms with Gasteiger partial charge in [0.1, 0.15) is 5.60 Å². The molecule has 1 N–H and O–H groups in total. The summed E-state index contributed by atoms with van der Waals surface area (Å²) in [5.74, 6) is 0.251. The van der Waals surface area contributed by atoms with Crippen LogP contribution in [-0.2, 0) is 5.60 Å². The predicted octanol–water partition coefficient (Wildman–Crippen LogP) is 3.01. The lowest BCUT2D eigenvalue weighted by molar-refractivity contribution is -0.175. The number of likely N-dealkylation sites (tertiary alicyclic amines) is 1. The maximum atomic E-state index is 11.4. The van der Waals surface area contributed by atoms with Crippen molar-refractivity contribution in [1.82, 2.24) is 4.90 Å². The summed E-state index contributed by atoms with van der Waals surface area (Å²) in [4.78, 5) is 2.31. The van der Waals surface area contributed by atoms with Crippen molar-refractivity contribution >= 4 is 0 Å². The summed E-state index contributed by atoms with van der Waals surface area (Å²) in [5, 5.41) is 11.4. The topological polar surface area (TPSA) is 23.5 Å². The number of likely N-dealkylation sites (N-methyl/N-ethyl adjacent to an activating group) is 1. The van der Waals surface area contributed by atoms with E-state index in [4.69, 9.17) is 0 Å². The molecule has 2 rings (SSSR count). The van der Waals surface area contributed by atoms with E-state index < -0.39 is 5.60 Å². The predicted molar refractivity (Wildman–Crippen MR) is 75.4 cm³/mol. The van der Waals surface area contributed by atoms with E-state index in [-0.39, 0.29) is 11.5 Å². The highest BCUT2D eigenvalue weighted by atomic mass is 16.3. The molecule has 1 aliphatic heterocycles. The fourth-order valence-electron chi connectivity index (χ4n) is 3.59. The van der Waals surface area contributed by atoms with Crippen LogP contribution in [0.25, 0.3) is 0 Å². The maximum Gasteiger partial charge on any atom is 0.110 e. The molecule has 0 amide bonds. The van der Waals surface area contributed by atoms with Gasteiger partial charge in [0.05, 0.1) is 0 Å². The Morgan fingerprint density at radius 1 is 1.17 bits per heavy atom. The van der Waals surface area contributed by atoms with Gasteiger partial charge in [-0.15, -0.1) is 0 Å². The zero-order valence-corrected chi connectivity index (χ0v) is 12.1. The molecule has 0 radical (unpaired) electrons. The zero-order valence-electron chi connectivity index (χ0n) is 12.1. The SMILES string of the molecule is CC1CC(C)C(O)(c2ccccc2)C(C)(C)N1C. The summed E-state index contributed by atoms with van der Waals surface area (Å²) >= 11 is 0. The molecule has 2 nitrogen and oxygen atoms in total. The fraction of sp³-hybridized carbons (Fsp3) is 0.625. The van der Waals surface area contributed by atoms with Gasteiger partial charge in [0.15, 0.2) is 0 Å². The zero-order chi connectivity index (χ0) is 13.6. The quantitative estimate of drug-likeness (QED) is 0.824.